The molecular formula is C31H22N4O4S3. The van der Waals surface area contributed by atoms with Gasteiger partial charge in [-0.15, -0.1) is 11.3 Å². The van der Waals surface area contributed by atoms with Crippen LogP contribution >= 0.6 is 34.9 Å². The van der Waals surface area contributed by atoms with E-state index in [1.807, 2.05) is 85.8 Å². The number of para-hydroxylation sites is 2. The minimum atomic E-state index is -0.410. The van der Waals surface area contributed by atoms with Crippen LogP contribution in [0.15, 0.2) is 116 Å². The summed E-state index contributed by atoms with van der Waals surface area (Å²) in [6.07, 6.45) is 1.67. The number of amidine groups is 1. The van der Waals surface area contributed by atoms with Crippen molar-refractivity contribution in [3.63, 3.8) is 0 Å². The molecule has 2 heterocycles. The topological polar surface area (TPSA) is 97.9 Å². The molecule has 4 aromatic carbocycles. The number of amides is 1. The van der Waals surface area contributed by atoms with Gasteiger partial charge >= 0.3 is 0 Å². The third-order valence-corrected chi connectivity index (χ3v) is 9.24. The quantitative estimate of drug-likeness (QED) is 0.0986. The standard InChI is InChI=1S/C31H22N4O4S3/c1-2-39-23-14-15-24-27(19-23)42-31(33-24)41-26-16-13-20(17-25(26)35(37)38)18-28-29(36)34(22-11-7-4-8-12-22)30(40-28)32-21-9-5-3-6-10-21/h3-19H,2H2,1H3/b28-18-,32-30?. The molecular weight excluding hydrogens is 589 g/mol. The Labute approximate surface area is 253 Å². The van der Waals surface area contributed by atoms with Crippen LogP contribution in [0.25, 0.3) is 16.3 Å². The van der Waals surface area contributed by atoms with Crippen LogP contribution < -0.4 is 9.64 Å². The lowest BCUT2D eigenvalue weighted by molar-refractivity contribution is -0.387. The molecule has 6 rings (SSSR count). The van der Waals surface area contributed by atoms with Crippen molar-refractivity contribution in [1.29, 1.82) is 0 Å². The minimum absolute atomic E-state index is 0.0582. The number of rotatable bonds is 8. The van der Waals surface area contributed by atoms with Gasteiger partial charge in [-0.25, -0.2) is 9.98 Å². The van der Waals surface area contributed by atoms with E-state index >= 15 is 0 Å². The van der Waals surface area contributed by atoms with Crippen LogP contribution in [0.3, 0.4) is 0 Å². The molecule has 0 radical (unpaired) electrons. The lowest BCUT2D eigenvalue weighted by Crippen LogP contribution is -2.28. The summed E-state index contributed by atoms with van der Waals surface area (Å²) in [6, 6.07) is 29.3. The zero-order valence-corrected chi connectivity index (χ0v) is 24.6. The van der Waals surface area contributed by atoms with Gasteiger partial charge in [0.2, 0.25) is 0 Å². The molecule has 0 aliphatic carbocycles. The van der Waals surface area contributed by atoms with Crippen LogP contribution in [0.4, 0.5) is 17.1 Å². The van der Waals surface area contributed by atoms with Gasteiger partial charge in [0.25, 0.3) is 11.6 Å². The van der Waals surface area contributed by atoms with Crippen molar-refractivity contribution in [3.8, 4) is 5.75 Å². The van der Waals surface area contributed by atoms with E-state index in [9.17, 15) is 14.9 Å². The van der Waals surface area contributed by atoms with E-state index in [2.05, 4.69) is 4.98 Å². The normalized spacial score (nSPS) is 15.2. The lowest BCUT2D eigenvalue weighted by Gasteiger charge is -2.15. The molecule has 42 heavy (non-hydrogen) atoms. The largest absolute Gasteiger partial charge is 0.494 e. The third kappa shape index (κ3) is 5.94. The zero-order valence-electron chi connectivity index (χ0n) is 22.2. The smallest absolute Gasteiger partial charge is 0.283 e. The summed E-state index contributed by atoms with van der Waals surface area (Å²) in [4.78, 5) is 37.1. The highest BCUT2D eigenvalue weighted by Gasteiger charge is 2.35. The first-order valence-electron chi connectivity index (χ1n) is 12.9. The van der Waals surface area contributed by atoms with E-state index < -0.39 is 4.92 Å². The molecule has 1 aliphatic rings. The Morgan fingerprint density at radius 2 is 1.79 bits per heavy atom. The number of nitrogens with zero attached hydrogens (tertiary/aromatic N) is 4. The summed E-state index contributed by atoms with van der Waals surface area (Å²) in [5.74, 6) is 0.513. The Morgan fingerprint density at radius 1 is 1.02 bits per heavy atom. The third-order valence-electron chi connectivity index (χ3n) is 6.13. The number of hydrogen-bond donors (Lipinski definition) is 0. The number of nitro benzene ring substituents is 1. The molecule has 0 unspecified atom stereocenters. The molecule has 11 heteroatoms. The van der Waals surface area contributed by atoms with Crippen molar-refractivity contribution < 1.29 is 14.5 Å². The second-order valence-electron chi connectivity index (χ2n) is 8.95. The van der Waals surface area contributed by atoms with Gasteiger partial charge in [0.15, 0.2) is 9.51 Å². The molecule has 8 nitrogen and oxygen atoms in total. The van der Waals surface area contributed by atoms with Crippen LogP contribution in [0.1, 0.15) is 12.5 Å². The van der Waals surface area contributed by atoms with Gasteiger partial charge in [0, 0.05) is 6.07 Å². The molecule has 1 amide bonds. The number of carbonyl (C=O) groups excluding carboxylic acids is 1. The number of ether oxygens (including phenoxy) is 1. The Bertz CT molecular complexity index is 1860. The van der Waals surface area contributed by atoms with Gasteiger partial charge in [-0.05, 0) is 78.9 Å². The highest BCUT2D eigenvalue weighted by Crippen LogP contribution is 2.41. The van der Waals surface area contributed by atoms with Crippen LogP contribution in [-0.4, -0.2) is 27.6 Å². The molecule has 0 spiro atoms. The molecule has 208 valence electrons. The van der Waals surface area contributed by atoms with Crippen LogP contribution in [0, 0.1) is 10.1 Å². The number of nitro groups is 1. The fourth-order valence-electron chi connectivity index (χ4n) is 4.25. The Kier molecular flexibility index (Phi) is 8.04. The predicted octanol–water partition coefficient (Wildman–Crippen LogP) is 8.56. The predicted molar refractivity (Wildman–Crippen MR) is 171 cm³/mol. The number of hydrogen-bond acceptors (Lipinski definition) is 9. The molecule has 0 bridgehead atoms. The second kappa shape index (κ2) is 12.2. The molecule has 0 saturated carbocycles. The number of carbonyl (C=O) groups is 1. The van der Waals surface area contributed by atoms with Gasteiger partial charge in [-0.2, -0.15) is 0 Å². The van der Waals surface area contributed by atoms with Gasteiger partial charge in [-0.3, -0.25) is 19.8 Å². The lowest BCUT2D eigenvalue weighted by atomic mass is 10.2. The Hall–Kier alpha value is -4.45. The highest BCUT2D eigenvalue weighted by molar-refractivity contribution is 8.19. The molecule has 1 aliphatic heterocycles. The van der Waals surface area contributed by atoms with Crippen molar-refractivity contribution in [2.45, 2.75) is 16.2 Å². The number of aliphatic imine (C=N–C) groups is 1. The first kappa shape index (κ1) is 27.7. The maximum Gasteiger partial charge on any atom is 0.283 e. The SMILES string of the molecule is CCOc1ccc2nc(Sc3ccc(/C=C4\SC(=Nc5ccccc5)N(c5ccccc5)C4=O)cc3[N+](=O)[O-])sc2c1. The maximum atomic E-state index is 13.6. The van der Waals surface area contributed by atoms with E-state index in [4.69, 9.17) is 9.73 Å². The summed E-state index contributed by atoms with van der Waals surface area (Å²) >= 11 is 3.93. The number of thiazole rings is 1. The minimum Gasteiger partial charge on any atom is -0.494 e. The number of anilines is 1. The van der Waals surface area contributed by atoms with Crippen molar-refractivity contribution in [3.05, 3.63) is 118 Å². The number of fused-ring (bicyclic) bond motifs is 1. The molecule has 5 aromatic rings. The molecule has 1 fully saturated rings. The van der Waals surface area contributed by atoms with E-state index in [0.29, 0.717) is 37.2 Å². The van der Waals surface area contributed by atoms with Gasteiger partial charge < -0.3 is 4.74 Å². The summed E-state index contributed by atoms with van der Waals surface area (Å²) in [5, 5.41) is 12.6. The van der Waals surface area contributed by atoms with Crippen molar-refractivity contribution >= 4 is 79.3 Å². The van der Waals surface area contributed by atoms with Crippen LogP contribution in [0.2, 0.25) is 0 Å². The average molecular weight is 611 g/mol. The zero-order chi connectivity index (χ0) is 29.1. The fourth-order valence-corrected chi connectivity index (χ4v) is 7.39. The average Bonchev–Trinajstić information content (AvgIpc) is 3.53. The van der Waals surface area contributed by atoms with E-state index in [0.717, 1.165) is 21.7 Å². The van der Waals surface area contributed by atoms with Crippen LogP contribution in [0.5, 0.6) is 5.75 Å². The monoisotopic (exact) mass is 610 g/mol. The van der Waals surface area contributed by atoms with Gasteiger partial charge in [0.1, 0.15) is 5.75 Å². The maximum absolute atomic E-state index is 13.6. The Morgan fingerprint density at radius 3 is 2.52 bits per heavy atom. The second-order valence-corrected chi connectivity index (χ2v) is 12.3. The van der Waals surface area contributed by atoms with Crippen LogP contribution in [-0.2, 0) is 4.79 Å². The van der Waals surface area contributed by atoms with Crippen molar-refractivity contribution in [2.75, 3.05) is 11.5 Å². The van der Waals surface area contributed by atoms with Gasteiger partial charge in [-0.1, -0.05) is 54.2 Å². The molecule has 1 saturated heterocycles. The molecule has 0 atom stereocenters. The first-order valence-corrected chi connectivity index (χ1v) is 15.4. The highest BCUT2D eigenvalue weighted by atomic mass is 32.2. The summed E-state index contributed by atoms with van der Waals surface area (Å²) in [6.45, 7) is 2.49. The first-order chi connectivity index (χ1) is 20.5. The number of aromatic nitrogens is 1. The summed E-state index contributed by atoms with van der Waals surface area (Å²) in [5.41, 5.74) is 2.70. The van der Waals surface area contributed by atoms with E-state index in [-0.39, 0.29) is 11.6 Å². The number of thioether (sulfide) groups is 1. The van der Waals surface area contributed by atoms with Crippen molar-refractivity contribution in [1.82, 2.24) is 4.98 Å². The number of benzene rings is 4. The van der Waals surface area contributed by atoms with Crippen molar-refractivity contribution in [2.24, 2.45) is 4.99 Å². The molecule has 0 N–H and O–H groups in total. The summed E-state index contributed by atoms with van der Waals surface area (Å²) < 4.78 is 7.21. The summed E-state index contributed by atoms with van der Waals surface area (Å²) in [7, 11) is 0. The van der Waals surface area contributed by atoms with E-state index in [1.54, 1.807) is 23.1 Å². The van der Waals surface area contributed by atoms with Gasteiger partial charge in [0.05, 0.1) is 42.9 Å². The Balaban J connectivity index is 1.31. The fraction of sp³-hybridized carbons (Fsp3) is 0.0645. The van der Waals surface area contributed by atoms with E-state index in [1.165, 1.54) is 40.9 Å². The molecule has 1 aromatic heterocycles.